The number of hydrogen-bond acceptors (Lipinski definition) is 8. The molecule has 1 amide bonds. The Kier molecular flexibility index (Phi) is 8.91. The number of morpholine rings is 1. The number of ether oxygens (including phenoxy) is 4. The van der Waals surface area contributed by atoms with E-state index in [1.165, 1.54) is 7.11 Å². The van der Waals surface area contributed by atoms with E-state index in [1.807, 2.05) is 19.9 Å². The molecule has 9 nitrogen and oxygen atoms in total. The second-order valence-corrected chi connectivity index (χ2v) is 9.39. The van der Waals surface area contributed by atoms with Crippen molar-refractivity contribution in [3.8, 4) is 17.2 Å². The summed E-state index contributed by atoms with van der Waals surface area (Å²) in [6, 6.07) is 9.80. The predicted octanol–water partition coefficient (Wildman–Crippen LogP) is 3.55. The predicted molar refractivity (Wildman–Crippen MR) is 143 cm³/mol. The monoisotopic (exact) mass is 524 g/mol. The van der Waals surface area contributed by atoms with E-state index in [1.54, 1.807) is 42.3 Å². The molecule has 2 aromatic carbocycles. The molecule has 1 atom stereocenters. The van der Waals surface area contributed by atoms with Crippen molar-refractivity contribution in [1.82, 2.24) is 9.80 Å². The first-order chi connectivity index (χ1) is 18.4. The van der Waals surface area contributed by atoms with Gasteiger partial charge < -0.3 is 29.0 Å². The van der Waals surface area contributed by atoms with Crippen LogP contribution < -0.4 is 14.2 Å². The molecule has 0 aromatic heterocycles. The third kappa shape index (κ3) is 5.63. The van der Waals surface area contributed by atoms with Crippen molar-refractivity contribution in [2.75, 3.05) is 60.2 Å². The third-order valence-corrected chi connectivity index (χ3v) is 6.95. The second-order valence-electron chi connectivity index (χ2n) is 9.39. The first kappa shape index (κ1) is 27.5. The molecule has 204 valence electrons. The lowest BCUT2D eigenvalue weighted by molar-refractivity contribution is -0.140. The van der Waals surface area contributed by atoms with E-state index >= 15 is 0 Å². The summed E-state index contributed by atoms with van der Waals surface area (Å²) >= 11 is 0. The van der Waals surface area contributed by atoms with Crippen molar-refractivity contribution in [1.29, 1.82) is 0 Å². The normalized spacial score (nSPS) is 19.6. The van der Waals surface area contributed by atoms with Crippen LogP contribution in [-0.2, 0) is 14.3 Å². The molecule has 4 rings (SSSR count). The number of rotatable bonds is 10. The molecule has 0 bridgehead atoms. The number of aliphatic hydroxyl groups excluding tert-OH is 1. The minimum absolute atomic E-state index is 0.0505. The molecule has 2 aliphatic heterocycles. The van der Waals surface area contributed by atoms with Crippen LogP contribution in [0.1, 0.15) is 36.1 Å². The molecule has 0 aliphatic carbocycles. The Morgan fingerprint density at radius 3 is 2.42 bits per heavy atom. The van der Waals surface area contributed by atoms with Gasteiger partial charge in [-0.2, -0.15) is 0 Å². The van der Waals surface area contributed by atoms with Gasteiger partial charge in [0.1, 0.15) is 11.5 Å². The van der Waals surface area contributed by atoms with E-state index < -0.39 is 17.7 Å². The average Bonchev–Trinajstić information content (AvgIpc) is 3.19. The fourth-order valence-electron chi connectivity index (χ4n) is 4.91. The first-order valence-corrected chi connectivity index (χ1v) is 12.9. The number of benzene rings is 2. The molecule has 2 saturated heterocycles. The fraction of sp³-hybridized carbons (Fsp3) is 0.448. The van der Waals surface area contributed by atoms with Crippen molar-refractivity contribution in [2.24, 2.45) is 0 Å². The van der Waals surface area contributed by atoms with Crippen LogP contribution in [0.15, 0.2) is 42.0 Å². The highest BCUT2D eigenvalue weighted by Gasteiger charge is 2.46. The highest BCUT2D eigenvalue weighted by molar-refractivity contribution is 6.46. The van der Waals surface area contributed by atoms with Gasteiger partial charge in [-0.3, -0.25) is 14.5 Å². The first-order valence-electron chi connectivity index (χ1n) is 12.9. The van der Waals surface area contributed by atoms with Crippen LogP contribution in [-0.4, -0.2) is 86.8 Å². The molecule has 0 saturated carbocycles. The lowest BCUT2D eigenvalue weighted by Gasteiger charge is -2.31. The molecule has 9 heteroatoms. The van der Waals surface area contributed by atoms with Crippen LogP contribution in [0.5, 0.6) is 17.2 Å². The third-order valence-electron chi connectivity index (χ3n) is 6.95. The number of hydrogen-bond donors (Lipinski definition) is 1. The zero-order valence-electron chi connectivity index (χ0n) is 22.5. The van der Waals surface area contributed by atoms with Gasteiger partial charge in [-0.05, 0) is 54.8 Å². The highest BCUT2D eigenvalue weighted by atomic mass is 16.5. The summed E-state index contributed by atoms with van der Waals surface area (Å²) in [5.41, 5.74) is 1.91. The van der Waals surface area contributed by atoms with Crippen LogP contribution in [0.2, 0.25) is 0 Å². The van der Waals surface area contributed by atoms with E-state index in [0.29, 0.717) is 61.3 Å². The van der Waals surface area contributed by atoms with Crippen molar-refractivity contribution < 1.29 is 33.6 Å². The average molecular weight is 525 g/mol. The van der Waals surface area contributed by atoms with Crippen molar-refractivity contribution >= 4 is 17.4 Å². The Labute approximate surface area is 223 Å². The molecular formula is C29H36N2O7. The van der Waals surface area contributed by atoms with Crippen LogP contribution in [0.25, 0.3) is 5.76 Å². The maximum absolute atomic E-state index is 13.4. The number of likely N-dealkylation sites (tertiary alicyclic amines) is 1. The number of carbonyl (C=O) groups is 2. The van der Waals surface area contributed by atoms with E-state index in [0.717, 1.165) is 25.1 Å². The van der Waals surface area contributed by atoms with Gasteiger partial charge in [-0.15, -0.1) is 0 Å². The lowest BCUT2D eigenvalue weighted by Crippen LogP contribution is -2.42. The molecule has 2 aliphatic rings. The molecule has 38 heavy (non-hydrogen) atoms. The number of aliphatic hydroxyl groups is 1. The molecule has 1 N–H and O–H groups in total. The summed E-state index contributed by atoms with van der Waals surface area (Å²) in [7, 11) is 3.07. The van der Waals surface area contributed by atoms with E-state index in [-0.39, 0.29) is 11.3 Å². The van der Waals surface area contributed by atoms with Gasteiger partial charge in [-0.25, -0.2) is 0 Å². The molecular weight excluding hydrogens is 488 g/mol. The van der Waals surface area contributed by atoms with E-state index in [4.69, 9.17) is 18.9 Å². The van der Waals surface area contributed by atoms with Gasteiger partial charge in [0, 0.05) is 31.7 Å². The summed E-state index contributed by atoms with van der Waals surface area (Å²) < 4.78 is 22.0. The Balaban J connectivity index is 1.77. The Morgan fingerprint density at radius 1 is 1.03 bits per heavy atom. The van der Waals surface area contributed by atoms with Gasteiger partial charge in [0.2, 0.25) is 0 Å². The number of aryl methyl sites for hydroxylation is 1. The number of methoxy groups -OCH3 is 2. The van der Waals surface area contributed by atoms with E-state index in [2.05, 4.69) is 4.90 Å². The summed E-state index contributed by atoms with van der Waals surface area (Å²) in [6.45, 7) is 8.15. The minimum Gasteiger partial charge on any atom is -0.507 e. The van der Waals surface area contributed by atoms with Crippen molar-refractivity contribution in [3.63, 3.8) is 0 Å². The number of ketones is 1. The molecule has 2 fully saturated rings. The Hall–Kier alpha value is -3.56. The van der Waals surface area contributed by atoms with Crippen molar-refractivity contribution in [3.05, 3.63) is 58.7 Å². The summed E-state index contributed by atoms with van der Waals surface area (Å²) in [6.07, 6.45) is 0.875. The number of carbonyl (C=O) groups excluding carboxylic acids is 2. The van der Waals surface area contributed by atoms with Gasteiger partial charge >= 0.3 is 0 Å². The summed E-state index contributed by atoms with van der Waals surface area (Å²) in [4.78, 5) is 30.5. The number of Topliss-reactive ketones (excluding diaryl/α,β-unsaturated/α-hetero) is 1. The standard InChI is InChI=1S/C29H36N2O7/c1-5-14-38-21-7-8-22(19(2)17-21)27(32)25-26(20-6-9-23(35-3)24(18-20)36-4)31(29(34)28(25)33)11-10-30-12-15-37-16-13-30/h6-9,17-18,26,32H,5,10-16H2,1-4H3/b27-25+. The van der Waals surface area contributed by atoms with Gasteiger partial charge in [0.25, 0.3) is 11.7 Å². The zero-order valence-corrected chi connectivity index (χ0v) is 22.5. The SMILES string of the molecule is CCCOc1ccc(/C(O)=C2\C(=O)C(=O)N(CCN3CCOCC3)C2c2ccc(OC)c(OC)c2)c(C)c1. The van der Waals surface area contributed by atoms with E-state index in [9.17, 15) is 14.7 Å². The van der Waals surface area contributed by atoms with Crippen LogP contribution >= 0.6 is 0 Å². The second kappa shape index (κ2) is 12.3. The molecule has 2 aromatic rings. The summed E-state index contributed by atoms with van der Waals surface area (Å²) in [5, 5.41) is 11.5. The molecule has 1 unspecified atom stereocenters. The number of nitrogens with zero attached hydrogens (tertiary/aromatic N) is 2. The van der Waals surface area contributed by atoms with Crippen LogP contribution in [0.3, 0.4) is 0 Å². The van der Waals surface area contributed by atoms with Gasteiger partial charge in [0.15, 0.2) is 11.5 Å². The largest absolute Gasteiger partial charge is 0.507 e. The molecule has 0 radical (unpaired) electrons. The zero-order chi connectivity index (χ0) is 27.2. The smallest absolute Gasteiger partial charge is 0.295 e. The topological polar surface area (TPSA) is 97.8 Å². The Bertz CT molecular complexity index is 1200. The lowest BCUT2D eigenvalue weighted by atomic mass is 9.93. The quantitative estimate of drug-likeness (QED) is 0.286. The fourth-order valence-corrected chi connectivity index (χ4v) is 4.91. The van der Waals surface area contributed by atoms with Crippen LogP contribution in [0, 0.1) is 6.92 Å². The van der Waals surface area contributed by atoms with Gasteiger partial charge in [0.05, 0.1) is 45.7 Å². The van der Waals surface area contributed by atoms with Crippen LogP contribution in [0.4, 0.5) is 0 Å². The minimum atomic E-state index is -0.786. The maximum atomic E-state index is 13.4. The molecule has 2 heterocycles. The Morgan fingerprint density at radius 2 is 1.76 bits per heavy atom. The van der Waals surface area contributed by atoms with Gasteiger partial charge in [-0.1, -0.05) is 13.0 Å². The molecule has 0 spiro atoms. The maximum Gasteiger partial charge on any atom is 0.295 e. The number of amides is 1. The summed E-state index contributed by atoms with van der Waals surface area (Å²) in [5.74, 6) is 0.118. The van der Waals surface area contributed by atoms with Crippen molar-refractivity contribution in [2.45, 2.75) is 26.3 Å². The highest BCUT2D eigenvalue weighted by Crippen LogP contribution is 2.42.